The zero-order valence-electron chi connectivity index (χ0n) is 17.2. The first-order valence-electron chi connectivity index (χ1n) is 9.72. The van der Waals surface area contributed by atoms with E-state index in [9.17, 15) is 23.6 Å². The van der Waals surface area contributed by atoms with Crippen molar-refractivity contribution in [2.45, 2.75) is 38.7 Å². The lowest BCUT2D eigenvalue weighted by Crippen LogP contribution is -2.51. The highest BCUT2D eigenvalue weighted by Gasteiger charge is 2.29. The largest absolute Gasteiger partial charge is 0.370 e. The van der Waals surface area contributed by atoms with Crippen LogP contribution in [-0.4, -0.2) is 50.7 Å². The normalized spacial score (nSPS) is 13.1. The van der Waals surface area contributed by atoms with Crippen LogP contribution in [-0.2, 0) is 14.4 Å². The summed E-state index contributed by atoms with van der Waals surface area (Å²) in [5, 5.41) is 1.43. The summed E-state index contributed by atoms with van der Waals surface area (Å²) in [6, 6.07) is 3.43. The summed E-state index contributed by atoms with van der Waals surface area (Å²) in [5.74, 6) is -3.66. The van der Waals surface area contributed by atoms with E-state index in [-0.39, 0.29) is 31.1 Å². The molecule has 2 aromatic rings. The topological polar surface area (TPSA) is 138 Å². The van der Waals surface area contributed by atoms with Gasteiger partial charge in [-0.1, -0.05) is 25.4 Å². The maximum absolute atomic E-state index is 13.3. The first kappa shape index (κ1) is 24.3. The van der Waals surface area contributed by atoms with Crippen LogP contribution < -0.4 is 11.2 Å². The number of carbonyl (C=O) groups excluding carboxylic acids is 4. The van der Waals surface area contributed by atoms with Crippen molar-refractivity contribution in [3.63, 3.8) is 0 Å². The van der Waals surface area contributed by atoms with Gasteiger partial charge in [-0.15, -0.1) is 0 Å². The fourth-order valence-corrected chi connectivity index (χ4v) is 3.21. The van der Waals surface area contributed by atoms with Crippen molar-refractivity contribution in [2.75, 3.05) is 6.54 Å². The molecule has 168 valence electrons. The van der Waals surface area contributed by atoms with Gasteiger partial charge in [0.05, 0.1) is 24.0 Å². The van der Waals surface area contributed by atoms with Gasteiger partial charge < -0.3 is 10.7 Å². The van der Waals surface area contributed by atoms with E-state index >= 15 is 0 Å². The number of alkyl halides is 2. The Morgan fingerprint density at radius 2 is 2.03 bits per heavy atom. The van der Waals surface area contributed by atoms with Crippen molar-refractivity contribution < 1.29 is 23.6 Å². The molecular formula is C20H25ClFN5O4. The number of halogens is 2. The predicted molar refractivity (Wildman–Crippen MR) is 112 cm³/mol. The third-order valence-corrected chi connectivity index (χ3v) is 4.75. The lowest BCUT2D eigenvalue weighted by molar-refractivity contribution is -0.145. The van der Waals surface area contributed by atoms with Crippen LogP contribution >= 0.6 is 11.6 Å². The zero-order valence-corrected chi connectivity index (χ0v) is 18.0. The summed E-state index contributed by atoms with van der Waals surface area (Å²) >= 11 is 5.20. The molecule has 11 heteroatoms. The van der Waals surface area contributed by atoms with Crippen LogP contribution in [0.4, 0.5) is 4.39 Å². The van der Waals surface area contributed by atoms with E-state index in [4.69, 9.17) is 17.3 Å². The van der Waals surface area contributed by atoms with Crippen LogP contribution in [0, 0.1) is 11.8 Å². The smallest absolute Gasteiger partial charge is 0.291 e. The number of amides is 3. The molecule has 9 nitrogen and oxygen atoms in total. The summed E-state index contributed by atoms with van der Waals surface area (Å²) in [4.78, 5) is 55.6. The van der Waals surface area contributed by atoms with Gasteiger partial charge >= 0.3 is 0 Å². The molecule has 0 unspecified atom stereocenters. The molecule has 0 aliphatic carbocycles. The molecule has 0 aromatic carbocycles. The molecule has 2 atom stereocenters. The SMILES string of the molecule is CC(C)C[C@H](CC(=O)c1cc2ccncc2[nH]1)C(=O)NN(CCC(N)=O)C(=O)[C@@H](F)Cl. The molecule has 2 rings (SSSR count). The van der Waals surface area contributed by atoms with Crippen molar-refractivity contribution in [1.29, 1.82) is 0 Å². The number of aromatic amines is 1. The minimum absolute atomic E-state index is 0.0622. The number of nitrogens with two attached hydrogens (primary N) is 1. The molecule has 31 heavy (non-hydrogen) atoms. The number of primary amides is 1. The predicted octanol–water partition coefficient (Wildman–Crippen LogP) is 2.07. The number of carbonyl (C=O) groups is 4. The molecule has 0 aliphatic rings. The Morgan fingerprint density at radius 1 is 1.32 bits per heavy atom. The van der Waals surface area contributed by atoms with Crippen molar-refractivity contribution in [2.24, 2.45) is 17.6 Å². The average molecular weight is 454 g/mol. The Kier molecular flexibility index (Phi) is 8.49. The lowest BCUT2D eigenvalue weighted by Gasteiger charge is -2.26. The number of rotatable bonds is 10. The number of nitrogens with zero attached hydrogens (tertiary/aromatic N) is 2. The van der Waals surface area contributed by atoms with Crippen molar-refractivity contribution >= 4 is 46.0 Å². The average Bonchev–Trinajstić information content (AvgIpc) is 3.13. The van der Waals surface area contributed by atoms with Gasteiger partial charge in [0.2, 0.25) is 11.8 Å². The monoisotopic (exact) mass is 453 g/mol. The van der Waals surface area contributed by atoms with E-state index in [1.165, 1.54) is 0 Å². The van der Waals surface area contributed by atoms with Gasteiger partial charge in [-0.2, -0.15) is 0 Å². The van der Waals surface area contributed by atoms with E-state index in [0.717, 1.165) is 5.39 Å². The van der Waals surface area contributed by atoms with Gasteiger partial charge in [0.15, 0.2) is 5.78 Å². The van der Waals surface area contributed by atoms with Crippen LogP contribution in [0.3, 0.4) is 0 Å². The maximum atomic E-state index is 13.3. The summed E-state index contributed by atoms with van der Waals surface area (Å²) in [6.45, 7) is 3.42. The molecule has 0 fully saturated rings. The van der Waals surface area contributed by atoms with Crippen molar-refractivity contribution in [1.82, 2.24) is 20.4 Å². The van der Waals surface area contributed by atoms with E-state index in [2.05, 4.69) is 15.4 Å². The van der Waals surface area contributed by atoms with Crippen LogP contribution in [0.1, 0.15) is 43.6 Å². The van der Waals surface area contributed by atoms with Gasteiger partial charge in [0.1, 0.15) is 0 Å². The Morgan fingerprint density at radius 3 is 2.61 bits per heavy atom. The number of Topliss-reactive ketones (excluding diaryl/α,β-unsaturated/α-hetero) is 1. The number of hydrogen-bond acceptors (Lipinski definition) is 5. The number of ketones is 1. The molecule has 2 heterocycles. The van der Waals surface area contributed by atoms with Crippen LogP contribution in [0.15, 0.2) is 24.5 Å². The highest BCUT2D eigenvalue weighted by molar-refractivity contribution is 6.29. The fraction of sp³-hybridized carbons (Fsp3) is 0.450. The van der Waals surface area contributed by atoms with E-state index in [1.807, 2.05) is 13.8 Å². The van der Waals surface area contributed by atoms with Crippen molar-refractivity contribution in [3.8, 4) is 0 Å². The number of H-pyrrole nitrogens is 1. The van der Waals surface area contributed by atoms with Crippen LogP contribution in [0.5, 0.6) is 0 Å². The Hall–Kier alpha value is -3.01. The number of fused-ring (bicyclic) bond motifs is 1. The van der Waals surface area contributed by atoms with Crippen molar-refractivity contribution in [3.05, 3.63) is 30.2 Å². The lowest BCUT2D eigenvalue weighted by atomic mass is 9.91. The number of aromatic nitrogens is 2. The van der Waals surface area contributed by atoms with Crippen LogP contribution in [0.2, 0.25) is 0 Å². The molecule has 0 bridgehead atoms. The molecule has 4 N–H and O–H groups in total. The Labute approximate surface area is 183 Å². The minimum atomic E-state index is -2.40. The molecular weight excluding hydrogens is 429 g/mol. The standard InChI is InChI=1S/C20H25ClFN5O4/c1-11(2)7-13(9-16(28)14-8-12-3-5-24-10-15(12)25-14)19(30)26-27(6-4-17(23)29)20(31)18(21)22/h3,5,8,10-11,13,18,25H,4,6-7,9H2,1-2H3,(H2,23,29)(H,26,30)/t13-,18-/m1/s1. The van der Waals surface area contributed by atoms with E-state index < -0.39 is 29.3 Å². The number of hydrogen-bond donors (Lipinski definition) is 3. The third kappa shape index (κ3) is 7.02. The number of pyridine rings is 1. The fourth-order valence-electron chi connectivity index (χ4n) is 3.09. The molecule has 3 amide bonds. The van der Waals surface area contributed by atoms with Gasteiger partial charge in [0.25, 0.3) is 11.5 Å². The molecule has 0 saturated heterocycles. The molecule has 0 saturated carbocycles. The molecule has 0 radical (unpaired) electrons. The van der Waals surface area contributed by atoms with Crippen LogP contribution in [0.25, 0.3) is 10.9 Å². The van der Waals surface area contributed by atoms with E-state index in [0.29, 0.717) is 22.6 Å². The minimum Gasteiger partial charge on any atom is -0.370 e. The maximum Gasteiger partial charge on any atom is 0.291 e. The summed E-state index contributed by atoms with van der Waals surface area (Å²) in [6.07, 6.45) is 3.10. The second kappa shape index (κ2) is 10.9. The summed E-state index contributed by atoms with van der Waals surface area (Å²) < 4.78 is 13.3. The summed E-state index contributed by atoms with van der Waals surface area (Å²) in [7, 11) is 0. The van der Waals surface area contributed by atoms with Gasteiger partial charge in [-0.25, -0.2) is 9.40 Å². The molecule has 0 aliphatic heterocycles. The van der Waals surface area contributed by atoms with E-state index in [1.54, 1.807) is 24.5 Å². The Bertz CT molecular complexity index is 929. The zero-order chi connectivity index (χ0) is 23.1. The molecule has 0 spiro atoms. The highest BCUT2D eigenvalue weighted by Crippen LogP contribution is 2.21. The third-order valence-electron chi connectivity index (χ3n) is 4.56. The second-order valence-corrected chi connectivity index (χ2v) is 7.97. The molecule has 2 aromatic heterocycles. The summed E-state index contributed by atoms with van der Waals surface area (Å²) in [5.41, 5.74) is 5.96. The van der Waals surface area contributed by atoms with Gasteiger partial charge in [-0.3, -0.25) is 29.6 Å². The Balaban J connectivity index is 2.16. The highest BCUT2D eigenvalue weighted by atomic mass is 35.5. The second-order valence-electron chi connectivity index (χ2n) is 7.58. The number of hydrazine groups is 1. The quantitative estimate of drug-likeness (QED) is 0.287. The first-order valence-corrected chi connectivity index (χ1v) is 10.2. The first-order chi connectivity index (χ1) is 14.6. The van der Waals surface area contributed by atoms with Gasteiger partial charge in [-0.05, 0) is 24.5 Å². The number of nitrogens with one attached hydrogen (secondary N) is 2. The van der Waals surface area contributed by atoms with Gasteiger partial charge in [0, 0.05) is 30.3 Å².